The lowest BCUT2D eigenvalue weighted by atomic mass is 10.1. The molecular formula is C14H18N2O5. The number of carbonyl (C=O) groups excluding carboxylic acids is 2. The zero-order valence-corrected chi connectivity index (χ0v) is 12.4. The largest absolute Gasteiger partial charge is 0.459 e. The van der Waals surface area contributed by atoms with Gasteiger partial charge in [-0.15, -0.1) is 0 Å². The average Bonchev–Trinajstić information content (AvgIpc) is 2.34. The van der Waals surface area contributed by atoms with Crippen LogP contribution in [0.3, 0.4) is 0 Å². The quantitative estimate of drug-likeness (QED) is 0.520. The van der Waals surface area contributed by atoms with Gasteiger partial charge in [0.1, 0.15) is 12.1 Å². The fourth-order valence-corrected chi connectivity index (χ4v) is 1.59. The van der Waals surface area contributed by atoms with Crippen molar-refractivity contribution in [3.8, 4) is 0 Å². The van der Waals surface area contributed by atoms with Gasteiger partial charge in [-0.05, 0) is 33.3 Å². The Balaban J connectivity index is 2.74. The molecular weight excluding hydrogens is 276 g/mol. The molecule has 0 bridgehead atoms. The minimum absolute atomic E-state index is 0.160. The van der Waals surface area contributed by atoms with E-state index in [-0.39, 0.29) is 17.8 Å². The molecule has 0 fully saturated rings. The summed E-state index contributed by atoms with van der Waals surface area (Å²) in [7, 11) is 0. The summed E-state index contributed by atoms with van der Waals surface area (Å²) in [5.74, 6) is -1.12. The molecule has 1 rings (SSSR count). The summed E-state index contributed by atoms with van der Waals surface area (Å²) in [6.07, 6.45) is 0. The predicted molar refractivity (Wildman–Crippen MR) is 76.0 cm³/mol. The highest BCUT2D eigenvalue weighted by atomic mass is 16.6. The van der Waals surface area contributed by atoms with Crippen LogP contribution in [0.25, 0.3) is 0 Å². The number of benzene rings is 1. The van der Waals surface area contributed by atoms with Gasteiger partial charge in [0.2, 0.25) is 0 Å². The first-order valence-electron chi connectivity index (χ1n) is 6.35. The van der Waals surface area contributed by atoms with Crippen molar-refractivity contribution >= 4 is 17.6 Å². The predicted octanol–water partition coefficient (Wildman–Crippen LogP) is 1.97. The van der Waals surface area contributed by atoms with Gasteiger partial charge in [0, 0.05) is 17.7 Å². The van der Waals surface area contributed by atoms with Gasteiger partial charge in [0.15, 0.2) is 0 Å². The molecule has 0 spiro atoms. The summed E-state index contributed by atoms with van der Waals surface area (Å²) in [6, 6.07) is 3.99. The lowest BCUT2D eigenvalue weighted by molar-refractivity contribution is -0.384. The van der Waals surface area contributed by atoms with Crippen LogP contribution in [0.5, 0.6) is 0 Å². The normalized spacial score (nSPS) is 10.9. The van der Waals surface area contributed by atoms with Crippen LogP contribution in [0.2, 0.25) is 0 Å². The Morgan fingerprint density at radius 2 is 1.95 bits per heavy atom. The van der Waals surface area contributed by atoms with Crippen LogP contribution in [0.4, 0.5) is 5.69 Å². The van der Waals surface area contributed by atoms with Crippen molar-refractivity contribution in [2.24, 2.45) is 0 Å². The van der Waals surface area contributed by atoms with Gasteiger partial charge in [-0.25, -0.2) is 0 Å². The molecule has 1 amide bonds. The molecule has 0 aromatic heterocycles. The van der Waals surface area contributed by atoms with Crippen LogP contribution < -0.4 is 5.32 Å². The van der Waals surface area contributed by atoms with Crippen LogP contribution in [-0.2, 0) is 9.53 Å². The van der Waals surface area contributed by atoms with E-state index in [1.165, 1.54) is 18.2 Å². The fourth-order valence-electron chi connectivity index (χ4n) is 1.59. The van der Waals surface area contributed by atoms with E-state index in [2.05, 4.69) is 5.32 Å². The fraction of sp³-hybridized carbons (Fsp3) is 0.429. The van der Waals surface area contributed by atoms with Crippen LogP contribution in [0.15, 0.2) is 18.2 Å². The van der Waals surface area contributed by atoms with E-state index < -0.39 is 22.4 Å². The molecule has 1 N–H and O–H groups in total. The molecule has 0 heterocycles. The Hall–Kier alpha value is -2.44. The van der Waals surface area contributed by atoms with Gasteiger partial charge in [0.05, 0.1) is 4.92 Å². The Morgan fingerprint density at radius 1 is 1.33 bits per heavy atom. The number of rotatable bonds is 4. The summed E-state index contributed by atoms with van der Waals surface area (Å²) >= 11 is 0. The molecule has 114 valence electrons. The standard InChI is InChI=1S/C14H18N2O5/c1-9-5-6-10(16(19)20)7-11(9)13(18)15-8-12(17)21-14(2,3)4/h5-7H,8H2,1-4H3,(H,15,18). The van der Waals surface area contributed by atoms with Gasteiger partial charge >= 0.3 is 5.97 Å². The first kappa shape index (κ1) is 16.6. The van der Waals surface area contributed by atoms with Crippen molar-refractivity contribution in [3.63, 3.8) is 0 Å². The number of nitrogens with one attached hydrogen (secondary N) is 1. The molecule has 0 atom stereocenters. The van der Waals surface area contributed by atoms with Gasteiger partial charge in [0.25, 0.3) is 11.6 Å². The molecule has 1 aromatic carbocycles. The highest BCUT2D eigenvalue weighted by Gasteiger charge is 2.18. The van der Waals surface area contributed by atoms with Crippen molar-refractivity contribution in [1.29, 1.82) is 0 Å². The third-order valence-corrected chi connectivity index (χ3v) is 2.49. The van der Waals surface area contributed by atoms with Crippen LogP contribution >= 0.6 is 0 Å². The number of hydrogen-bond donors (Lipinski definition) is 1. The van der Waals surface area contributed by atoms with E-state index >= 15 is 0 Å². The third kappa shape index (κ3) is 5.21. The topological polar surface area (TPSA) is 98.5 Å². The van der Waals surface area contributed by atoms with Crippen molar-refractivity contribution in [2.75, 3.05) is 6.54 Å². The molecule has 0 aliphatic carbocycles. The summed E-state index contributed by atoms with van der Waals surface area (Å²) in [4.78, 5) is 33.6. The number of ether oxygens (including phenoxy) is 1. The second-order valence-corrected chi connectivity index (χ2v) is 5.53. The van der Waals surface area contributed by atoms with E-state index in [1.807, 2.05) is 0 Å². The van der Waals surface area contributed by atoms with Crippen LogP contribution in [0.1, 0.15) is 36.7 Å². The van der Waals surface area contributed by atoms with Crippen LogP contribution in [-0.4, -0.2) is 28.9 Å². The second kappa shape index (κ2) is 6.34. The first-order valence-corrected chi connectivity index (χ1v) is 6.35. The van der Waals surface area contributed by atoms with E-state index in [4.69, 9.17) is 4.74 Å². The summed E-state index contributed by atoms with van der Waals surface area (Å²) in [6.45, 7) is 6.52. The van der Waals surface area contributed by atoms with Gasteiger partial charge in [-0.3, -0.25) is 19.7 Å². The molecule has 0 radical (unpaired) electrons. The SMILES string of the molecule is Cc1ccc([N+](=O)[O-])cc1C(=O)NCC(=O)OC(C)(C)C. The number of aryl methyl sites for hydroxylation is 1. The summed E-state index contributed by atoms with van der Waals surface area (Å²) in [5, 5.41) is 13.1. The molecule has 0 saturated heterocycles. The third-order valence-electron chi connectivity index (χ3n) is 2.49. The molecule has 21 heavy (non-hydrogen) atoms. The number of nitrogens with zero attached hydrogens (tertiary/aromatic N) is 1. The average molecular weight is 294 g/mol. The maximum atomic E-state index is 12.0. The Labute approximate surface area is 122 Å². The minimum atomic E-state index is -0.636. The number of esters is 1. The molecule has 7 heteroatoms. The summed E-state index contributed by atoms with van der Waals surface area (Å²) < 4.78 is 5.05. The molecule has 0 aliphatic rings. The second-order valence-electron chi connectivity index (χ2n) is 5.53. The Morgan fingerprint density at radius 3 is 2.48 bits per heavy atom. The highest BCUT2D eigenvalue weighted by Crippen LogP contribution is 2.17. The van der Waals surface area contributed by atoms with Crippen LogP contribution in [0, 0.1) is 17.0 Å². The Kier molecular flexibility index (Phi) is 5.02. The number of non-ortho nitro benzene ring substituents is 1. The van der Waals surface area contributed by atoms with Crippen molar-refractivity contribution < 1.29 is 19.2 Å². The maximum absolute atomic E-state index is 12.0. The lowest BCUT2D eigenvalue weighted by Gasteiger charge is -2.19. The van der Waals surface area contributed by atoms with Crippen molar-refractivity contribution in [3.05, 3.63) is 39.4 Å². The minimum Gasteiger partial charge on any atom is -0.459 e. The number of nitro groups is 1. The zero-order chi connectivity index (χ0) is 16.2. The first-order chi connectivity index (χ1) is 9.60. The molecule has 0 saturated carbocycles. The number of carbonyl (C=O) groups is 2. The number of hydrogen-bond acceptors (Lipinski definition) is 5. The summed E-state index contributed by atoms with van der Waals surface area (Å²) in [5.41, 5.74) is -0.0680. The molecule has 1 aromatic rings. The van der Waals surface area contributed by atoms with Crippen molar-refractivity contribution in [1.82, 2.24) is 5.32 Å². The zero-order valence-electron chi connectivity index (χ0n) is 12.4. The lowest BCUT2D eigenvalue weighted by Crippen LogP contribution is -2.34. The van der Waals surface area contributed by atoms with E-state index in [9.17, 15) is 19.7 Å². The van der Waals surface area contributed by atoms with E-state index in [1.54, 1.807) is 27.7 Å². The molecule has 0 aliphatic heterocycles. The van der Waals surface area contributed by atoms with Crippen molar-refractivity contribution in [2.45, 2.75) is 33.3 Å². The smallest absolute Gasteiger partial charge is 0.325 e. The highest BCUT2D eigenvalue weighted by molar-refractivity contribution is 5.97. The van der Waals surface area contributed by atoms with Gasteiger partial charge in [-0.1, -0.05) is 6.07 Å². The van der Waals surface area contributed by atoms with E-state index in [0.29, 0.717) is 5.56 Å². The van der Waals surface area contributed by atoms with Gasteiger partial charge < -0.3 is 10.1 Å². The Bertz CT molecular complexity index is 575. The molecule has 7 nitrogen and oxygen atoms in total. The molecule has 0 unspecified atom stereocenters. The monoisotopic (exact) mass is 294 g/mol. The van der Waals surface area contributed by atoms with Gasteiger partial charge in [-0.2, -0.15) is 0 Å². The maximum Gasteiger partial charge on any atom is 0.325 e. The van der Waals surface area contributed by atoms with E-state index in [0.717, 1.165) is 0 Å². The number of amides is 1. The number of nitro benzene ring substituents is 1.